The van der Waals surface area contributed by atoms with E-state index in [2.05, 4.69) is 58.9 Å². The Bertz CT molecular complexity index is 1160. The highest BCUT2D eigenvalue weighted by Gasteiger charge is 2.61. The smallest absolute Gasteiger partial charge is 0.469 e. The summed E-state index contributed by atoms with van der Waals surface area (Å²) < 4.78 is 17.1. The molecule has 5 nitrogen and oxygen atoms in total. The lowest BCUT2D eigenvalue weighted by atomic mass is 9.71. The van der Waals surface area contributed by atoms with E-state index in [1.807, 2.05) is 31.2 Å². The van der Waals surface area contributed by atoms with Crippen LogP contribution in [0.25, 0.3) is 6.08 Å². The number of Topliss-reactive ketones (excluding diaryl/α,β-unsaturated/α-hetero) is 1. The number of allylic oxidation sites excluding steroid dienone is 1. The average Bonchev–Trinajstić information content (AvgIpc) is 3.12. The average molecular weight is 476 g/mol. The lowest BCUT2D eigenvalue weighted by molar-refractivity contribution is -0.523. The minimum absolute atomic E-state index is 0.00610. The number of hydrogen-bond acceptors (Lipinski definition) is 4. The molecule has 0 aromatic heterocycles. The molecule has 4 atom stereocenters. The molecule has 0 amide bonds. The maximum atomic E-state index is 13.6. The largest absolute Gasteiger partial charge is 0.503 e. The highest BCUT2D eigenvalue weighted by Crippen LogP contribution is 2.44. The molecule has 2 aromatic rings. The summed E-state index contributed by atoms with van der Waals surface area (Å²) in [5.41, 5.74) is 4.17. The Balaban J connectivity index is 1.74. The van der Waals surface area contributed by atoms with Gasteiger partial charge in [0, 0.05) is 12.0 Å². The molecule has 2 aromatic carbocycles. The Morgan fingerprint density at radius 2 is 1.69 bits per heavy atom. The molecule has 0 radical (unpaired) electrons. The van der Waals surface area contributed by atoms with Crippen LogP contribution in [-0.2, 0) is 28.9 Å². The van der Waals surface area contributed by atoms with Crippen LogP contribution in [0, 0.1) is 11.8 Å². The van der Waals surface area contributed by atoms with Gasteiger partial charge in [-0.1, -0.05) is 83.1 Å². The molecular formula is C30H35O5+. The highest BCUT2D eigenvalue weighted by molar-refractivity contribution is 6.16. The third-order valence-electron chi connectivity index (χ3n) is 7.08. The molecule has 0 spiro atoms. The minimum Gasteiger partial charge on any atom is -0.469 e. The van der Waals surface area contributed by atoms with Gasteiger partial charge >= 0.3 is 11.9 Å². The topological polar surface area (TPSA) is 63.9 Å². The van der Waals surface area contributed by atoms with E-state index in [-0.39, 0.29) is 22.9 Å². The number of rotatable bonds is 4. The predicted octanol–water partition coefficient (Wildman–Crippen LogP) is 5.70. The van der Waals surface area contributed by atoms with Crippen molar-refractivity contribution in [1.29, 1.82) is 0 Å². The number of methoxy groups -OCH3 is 1. The van der Waals surface area contributed by atoms with Crippen molar-refractivity contribution in [3.63, 3.8) is 0 Å². The van der Waals surface area contributed by atoms with Crippen LogP contribution in [-0.4, -0.2) is 30.9 Å². The Morgan fingerprint density at radius 3 is 2.23 bits per heavy atom. The summed E-state index contributed by atoms with van der Waals surface area (Å²) in [6.07, 6.45) is 1.25. The van der Waals surface area contributed by atoms with E-state index in [1.165, 1.54) is 18.2 Å². The van der Waals surface area contributed by atoms with Crippen LogP contribution >= 0.6 is 0 Å². The molecule has 1 fully saturated rings. The zero-order valence-electron chi connectivity index (χ0n) is 21.6. The van der Waals surface area contributed by atoms with Gasteiger partial charge in [-0.2, -0.15) is 0 Å². The number of hydrogen-bond donors (Lipinski definition) is 0. The summed E-state index contributed by atoms with van der Waals surface area (Å²) >= 11 is 0. The lowest BCUT2D eigenvalue weighted by Gasteiger charge is -2.30. The first-order chi connectivity index (χ1) is 16.5. The van der Waals surface area contributed by atoms with Crippen LogP contribution in [0.2, 0.25) is 0 Å². The summed E-state index contributed by atoms with van der Waals surface area (Å²) in [6, 6.07) is 16.2. The SMILES string of the molecule is COC(=O)C1C(C)[O+]=C2O/C(=C/c3ccc(C(C)C)cc3)C(=O)C2C1c1ccc(C(C)(C)C)cc1. The number of carbonyl (C=O) groups is 2. The van der Waals surface area contributed by atoms with Gasteiger partial charge in [0.1, 0.15) is 5.92 Å². The van der Waals surface area contributed by atoms with Gasteiger partial charge < -0.3 is 9.16 Å². The van der Waals surface area contributed by atoms with Gasteiger partial charge in [0.05, 0.1) is 7.11 Å². The van der Waals surface area contributed by atoms with Crippen molar-refractivity contribution in [2.45, 2.75) is 64.9 Å². The van der Waals surface area contributed by atoms with Gasteiger partial charge in [-0.3, -0.25) is 14.3 Å². The van der Waals surface area contributed by atoms with Crippen molar-refractivity contribution in [3.05, 3.63) is 76.5 Å². The van der Waals surface area contributed by atoms with Crippen LogP contribution in [0.15, 0.2) is 54.3 Å². The van der Waals surface area contributed by atoms with Crippen molar-refractivity contribution < 1.29 is 23.5 Å². The number of ketones is 1. The number of benzene rings is 2. The minimum atomic E-state index is -0.711. The van der Waals surface area contributed by atoms with Crippen molar-refractivity contribution >= 4 is 23.8 Å². The maximum absolute atomic E-state index is 13.6. The van der Waals surface area contributed by atoms with Gasteiger partial charge in [0.15, 0.2) is 5.92 Å². The van der Waals surface area contributed by atoms with Crippen LogP contribution < -0.4 is 0 Å². The molecule has 5 heteroatoms. The van der Waals surface area contributed by atoms with E-state index in [0.29, 0.717) is 5.92 Å². The van der Waals surface area contributed by atoms with E-state index in [9.17, 15) is 9.59 Å². The zero-order chi connectivity index (χ0) is 25.5. The number of fused-ring (bicyclic) bond motifs is 1. The Morgan fingerprint density at radius 1 is 1.06 bits per heavy atom. The molecule has 184 valence electrons. The molecule has 2 aliphatic heterocycles. The van der Waals surface area contributed by atoms with E-state index < -0.39 is 29.8 Å². The highest BCUT2D eigenvalue weighted by atomic mass is 16.6. The van der Waals surface area contributed by atoms with Crippen molar-refractivity contribution in [1.82, 2.24) is 0 Å². The second-order valence-corrected chi connectivity index (χ2v) is 10.9. The lowest BCUT2D eigenvalue weighted by Crippen LogP contribution is -2.45. The Kier molecular flexibility index (Phi) is 6.72. The molecule has 0 bridgehead atoms. The fourth-order valence-corrected chi connectivity index (χ4v) is 4.95. The van der Waals surface area contributed by atoms with Crippen LogP contribution in [0.5, 0.6) is 0 Å². The normalized spacial score (nSPS) is 25.3. The molecule has 4 rings (SSSR count). The molecule has 0 N–H and O–H groups in total. The summed E-state index contributed by atoms with van der Waals surface area (Å²) in [4.78, 5) is 26.5. The quantitative estimate of drug-likeness (QED) is 0.246. The summed E-state index contributed by atoms with van der Waals surface area (Å²) in [5.74, 6) is -1.45. The molecular weight excluding hydrogens is 440 g/mol. The number of ether oxygens (including phenoxy) is 2. The fraction of sp³-hybridized carbons (Fsp3) is 0.433. The van der Waals surface area contributed by atoms with Gasteiger partial charge in [-0.05, 0) is 40.5 Å². The van der Waals surface area contributed by atoms with Crippen molar-refractivity contribution in [2.24, 2.45) is 11.8 Å². The first kappa shape index (κ1) is 24.9. The molecule has 2 aliphatic rings. The third-order valence-corrected chi connectivity index (χ3v) is 7.08. The third kappa shape index (κ3) is 4.82. The standard InChI is InChI=1S/C30H35O5/c1-17(2)20-10-8-19(9-11-20)16-23-27(31)26-25(21-12-14-22(15-13-21)30(4,5)6)24(28(32)33-7)18(3)34-29(26)35-23/h8-18,24-26H,1-7H3/q+1/b23-16+. The van der Waals surface area contributed by atoms with Gasteiger partial charge in [-0.25, -0.2) is 0 Å². The van der Waals surface area contributed by atoms with Gasteiger partial charge in [0.25, 0.3) is 5.76 Å². The fourth-order valence-electron chi connectivity index (χ4n) is 4.95. The first-order valence-electron chi connectivity index (χ1n) is 12.3. The maximum Gasteiger partial charge on any atom is 0.503 e. The number of carbonyl (C=O) groups excluding carboxylic acids is 3. The predicted molar refractivity (Wildman–Crippen MR) is 136 cm³/mol. The number of esters is 2. The van der Waals surface area contributed by atoms with Crippen molar-refractivity contribution in [2.75, 3.05) is 7.11 Å². The van der Waals surface area contributed by atoms with Crippen LogP contribution in [0.1, 0.15) is 75.6 Å². The van der Waals surface area contributed by atoms with E-state index in [1.54, 1.807) is 6.08 Å². The van der Waals surface area contributed by atoms with E-state index in [4.69, 9.17) is 13.9 Å². The molecule has 0 saturated carbocycles. The van der Waals surface area contributed by atoms with Crippen LogP contribution in [0.4, 0.5) is 0 Å². The Hall–Kier alpha value is -3.21. The molecule has 35 heavy (non-hydrogen) atoms. The Labute approximate surface area is 207 Å². The first-order valence-corrected chi connectivity index (χ1v) is 12.3. The summed E-state index contributed by atoms with van der Waals surface area (Å²) in [7, 11) is 1.37. The van der Waals surface area contributed by atoms with Crippen molar-refractivity contribution in [3.8, 4) is 0 Å². The van der Waals surface area contributed by atoms with Gasteiger partial charge in [0.2, 0.25) is 11.9 Å². The van der Waals surface area contributed by atoms with E-state index in [0.717, 1.165) is 11.1 Å². The van der Waals surface area contributed by atoms with Gasteiger partial charge in [-0.15, -0.1) is 0 Å². The molecule has 2 heterocycles. The summed E-state index contributed by atoms with van der Waals surface area (Å²) in [5, 5.41) is 0. The molecule has 0 aliphatic carbocycles. The monoisotopic (exact) mass is 475 g/mol. The summed E-state index contributed by atoms with van der Waals surface area (Å²) in [6.45, 7) is 12.6. The van der Waals surface area contributed by atoms with Crippen LogP contribution in [0.3, 0.4) is 0 Å². The zero-order valence-corrected chi connectivity index (χ0v) is 21.6. The van der Waals surface area contributed by atoms with E-state index >= 15 is 0 Å². The second kappa shape index (κ2) is 9.44. The second-order valence-electron chi connectivity index (χ2n) is 10.9. The molecule has 4 unspecified atom stereocenters. The molecule has 1 saturated heterocycles.